The summed E-state index contributed by atoms with van der Waals surface area (Å²) in [7, 11) is -2.70. The van der Waals surface area contributed by atoms with Crippen LogP contribution in [0.25, 0.3) is 11.0 Å². The van der Waals surface area contributed by atoms with Crippen molar-refractivity contribution in [3.05, 3.63) is 64.2 Å². The fraction of sp³-hybridized carbons (Fsp3) is 0.227. The zero-order chi connectivity index (χ0) is 25.0. The number of hydrogen-bond donors (Lipinski definition) is 1. The first-order valence-electron chi connectivity index (χ1n) is 10.4. The van der Waals surface area contributed by atoms with Crippen LogP contribution in [0.2, 0.25) is 0 Å². The van der Waals surface area contributed by atoms with Gasteiger partial charge in [-0.3, -0.25) is 4.63 Å². The number of benzene rings is 2. The molecule has 0 aliphatic heterocycles. The molecule has 184 valence electrons. The van der Waals surface area contributed by atoms with Gasteiger partial charge in [0.15, 0.2) is 11.5 Å². The number of nitrogens with zero attached hydrogens (tertiary/aromatic N) is 2. The molecule has 0 unspecified atom stereocenters. The number of sulfone groups is 1. The van der Waals surface area contributed by atoms with Crippen molar-refractivity contribution in [2.24, 2.45) is 0 Å². The predicted molar refractivity (Wildman–Crippen MR) is 121 cm³/mol. The van der Waals surface area contributed by atoms with E-state index in [-0.39, 0.29) is 28.7 Å². The van der Waals surface area contributed by atoms with Crippen LogP contribution in [0.3, 0.4) is 0 Å². The fourth-order valence-electron chi connectivity index (χ4n) is 3.21. The van der Waals surface area contributed by atoms with Crippen LogP contribution >= 0.6 is 0 Å². The van der Waals surface area contributed by atoms with Gasteiger partial charge in [0.05, 0.1) is 30.4 Å². The van der Waals surface area contributed by atoms with Gasteiger partial charge in [0.25, 0.3) is 9.84 Å². The van der Waals surface area contributed by atoms with Gasteiger partial charge in [0.1, 0.15) is 11.3 Å². The second-order valence-corrected chi connectivity index (χ2v) is 9.16. The first-order valence-corrected chi connectivity index (χ1v) is 11.9. The Morgan fingerprint density at radius 1 is 1.06 bits per heavy atom. The molecule has 0 fully saturated rings. The van der Waals surface area contributed by atoms with Crippen molar-refractivity contribution in [1.82, 2.24) is 5.16 Å². The summed E-state index contributed by atoms with van der Waals surface area (Å²) in [4.78, 5) is 11.4. The molecule has 0 aliphatic carbocycles. The molecule has 12 nitrogen and oxygen atoms in total. The van der Waals surface area contributed by atoms with Crippen LogP contribution in [0.5, 0.6) is 17.4 Å². The van der Waals surface area contributed by atoms with Gasteiger partial charge in [-0.1, -0.05) is 18.2 Å². The Hall–Kier alpha value is -4.26. The number of nitrogen functional groups attached to an aromatic ring is 1. The molecule has 0 saturated heterocycles. The number of hydrogen-bond acceptors (Lipinski definition) is 11. The molecule has 0 spiro atoms. The van der Waals surface area contributed by atoms with Gasteiger partial charge in [-0.25, -0.2) is 13.2 Å². The maximum atomic E-state index is 12.8. The molecule has 0 bridgehead atoms. The van der Waals surface area contributed by atoms with Crippen molar-refractivity contribution in [3.8, 4) is 17.4 Å². The minimum absolute atomic E-state index is 0.0115. The van der Waals surface area contributed by atoms with Crippen LogP contribution in [0.4, 0.5) is 5.69 Å². The molecular weight excluding hydrogens is 482 g/mol. The van der Waals surface area contributed by atoms with E-state index in [0.717, 1.165) is 0 Å². The highest BCUT2D eigenvalue weighted by molar-refractivity contribution is 7.91. The molecule has 2 heterocycles. The van der Waals surface area contributed by atoms with E-state index in [2.05, 4.69) is 9.79 Å². The highest BCUT2D eigenvalue weighted by atomic mass is 32.2. The van der Waals surface area contributed by atoms with Gasteiger partial charge in [-0.2, -0.15) is 0 Å². The van der Waals surface area contributed by atoms with Gasteiger partial charge in [-0.05, 0) is 42.0 Å². The maximum absolute atomic E-state index is 12.8. The first kappa shape index (κ1) is 23.9. The Morgan fingerprint density at radius 2 is 1.77 bits per heavy atom. The van der Waals surface area contributed by atoms with Crippen LogP contribution in [0.1, 0.15) is 12.8 Å². The van der Waals surface area contributed by atoms with Crippen molar-refractivity contribution in [1.29, 1.82) is 0 Å². The van der Waals surface area contributed by atoms with E-state index in [9.17, 15) is 18.4 Å². The minimum Gasteiger partial charge on any atom is -0.493 e. The summed E-state index contributed by atoms with van der Waals surface area (Å²) in [6.45, 7) is 0.302. The number of fused-ring (bicyclic) bond motifs is 1. The fourth-order valence-corrected chi connectivity index (χ4v) is 4.51. The maximum Gasteiger partial charge on any atom is 0.414 e. The highest BCUT2D eigenvalue weighted by Crippen LogP contribution is 2.32. The van der Waals surface area contributed by atoms with Gasteiger partial charge >= 0.3 is 16.5 Å². The number of aromatic nitrogens is 2. The first-order chi connectivity index (χ1) is 16.8. The third-order valence-electron chi connectivity index (χ3n) is 4.94. The summed E-state index contributed by atoms with van der Waals surface area (Å²) in [5, 5.41) is 15.2. The van der Waals surface area contributed by atoms with Gasteiger partial charge in [0, 0.05) is 11.5 Å². The topological polar surface area (TPSA) is 171 Å². The van der Waals surface area contributed by atoms with E-state index >= 15 is 0 Å². The third kappa shape index (κ3) is 4.99. The lowest BCUT2D eigenvalue weighted by Gasteiger charge is -2.11. The van der Waals surface area contributed by atoms with E-state index < -0.39 is 26.4 Å². The molecule has 2 aromatic heterocycles. The Labute approximate surface area is 198 Å². The van der Waals surface area contributed by atoms with Crippen molar-refractivity contribution < 1.29 is 36.6 Å². The van der Waals surface area contributed by atoms with Crippen molar-refractivity contribution in [3.63, 3.8) is 0 Å². The molecule has 0 atom stereocenters. The molecule has 0 aliphatic rings. The molecule has 4 rings (SSSR count). The largest absolute Gasteiger partial charge is 0.493 e. The van der Waals surface area contributed by atoms with Crippen molar-refractivity contribution in [2.45, 2.75) is 22.8 Å². The highest BCUT2D eigenvalue weighted by Gasteiger charge is 2.35. The number of methoxy groups -OCH3 is 1. The van der Waals surface area contributed by atoms with E-state index in [0.29, 0.717) is 35.3 Å². The van der Waals surface area contributed by atoms with Crippen LogP contribution in [-0.4, -0.2) is 33.9 Å². The van der Waals surface area contributed by atoms with E-state index in [1.54, 1.807) is 12.1 Å². The lowest BCUT2D eigenvalue weighted by molar-refractivity contribution is -0.832. The summed E-state index contributed by atoms with van der Waals surface area (Å²) in [5.41, 5.74) is 5.24. The molecular formula is C22H21N3O9S. The third-order valence-corrected chi connectivity index (χ3v) is 6.66. The van der Waals surface area contributed by atoms with Crippen LogP contribution in [0.15, 0.2) is 72.3 Å². The zero-order valence-corrected chi connectivity index (χ0v) is 19.3. The lowest BCUT2D eigenvalue weighted by atomic mass is 10.2. The summed E-state index contributed by atoms with van der Waals surface area (Å²) < 4.78 is 51.6. The Balaban J connectivity index is 1.35. The molecule has 2 aromatic carbocycles. The van der Waals surface area contributed by atoms with E-state index in [4.69, 9.17) is 24.4 Å². The summed E-state index contributed by atoms with van der Waals surface area (Å²) in [6, 6.07) is 12.1. The monoisotopic (exact) mass is 503 g/mol. The molecule has 35 heavy (non-hydrogen) atoms. The van der Waals surface area contributed by atoms with Crippen molar-refractivity contribution in [2.75, 3.05) is 26.1 Å². The number of unbranched alkanes of at least 4 members (excludes halogenated alkanes) is 1. The number of anilines is 1. The standard InChI is InChI=1S/C22H21N3O9S/c1-30-18-12-14-11-16(23)22(26)33-17(14)13-19(18)31-9-5-6-10-32-20-21(25(27)34-24-20)35(28,29)15-7-3-2-4-8-15/h2-4,7-8,11-13H,5-6,9-10,23H2,1H3. The van der Waals surface area contributed by atoms with Gasteiger partial charge in [0.2, 0.25) is 0 Å². The quantitative estimate of drug-likeness (QED) is 0.191. The molecule has 0 radical (unpaired) electrons. The summed E-state index contributed by atoms with van der Waals surface area (Å²) in [6.07, 6.45) is 0.945. The van der Waals surface area contributed by atoms with Crippen LogP contribution in [-0.2, 0) is 9.84 Å². The lowest BCUT2D eigenvalue weighted by Crippen LogP contribution is -2.31. The summed E-state index contributed by atoms with van der Waals surface area (Å²) in [5.74, 6) is 0.379. The molecule has 4 aromatic rings. The van der Waals surface area contributed by atoms with Gasteiger partial charge in [-0.15, -0.1) is 0 Å². The number of rotatable bonds is 10. The Bertz CT molecular complexity index is 1500. The average molecular weight is 503 g/mol. The van der Waals surface area contributed by atoms with Crippen LogP contribution < -0.4 is 30.5 Å². The van der Waals surface area contributed by atoms with Crippen LogP contribution in [0, 0.1) is 5.21 Å². The predicted octanol–water partition coefficient (Wildman–Crippen LogP) is 2.08. The Morgan fingerprint density at radius 3 is 2.49 bits per heavy atom. The van der Waals surface area contributed by atoms with Crippen molar-refractivity contribution >= 4 is 26.5 Å². The van der Waals surface area contributed by atoms with E-state index in [1.165, 1.54) is 43.5 Å². The SMILES string of the molecule is COc1cc2cc(N)c(=O)oc2cc1OCCCCOc1no[n+]([O-])c1S(=O)(=O)c1ccccc1. The second-order valence-electron chi connectivity index (χ2n) is 7.29. The number of ether oxygens (including phenoxy) is 3. The molecule has 0 amide bonds. The number of nitrogens with two attached hydrogens (primary N) is 1. The smallest absolute Gasteiger partial charge is 0.414 e. The average Bonchev–Trinajstić information content (AvgIpc) is 3.23. The van der Waals surface area contributed by atoms with Gasteiger partial charge < -0.3 is 29.6 Å². The Kier molecular flexibility index (Phi) is 6.78. The van der Waals surface area contributed by atoms with E-state index in [1.807, 2.05) is 0 Å². The second kappa shape index (κ2) is 9.93. The molecule has 13 heteroatoms. The minimum atomic E-state index is -4.18. The summed E-state index contributed by atoms with van der Waals surface area (Å²) >= 11 is 0. The molecule has 0 saturated carbocycles. The normalized spacial score (nSPS) is 11.5. The zero-order valence-electron chi connectivity index (χ0n) is 18.5. The molecule has 2 N–H and O–H groups in total.